The van der Waals surface area contributed by atoms with Gasteiger partial charge in [0.05, 0.1) is 6.54 Å². The Morgan fingerprint density at radius 2 is 2.35 bits per heavy atom. The third-order valence-corrected chi connectivity index (χ3v) is 4.29. The van der Waals surface area contributed by atoms with Crippen LogP contribution in [0.2, 0.25) is 0 Å². The molecule has 0 saturated carbocycles. The Hall–Kier alpha value is -1.75. The Morgan fingerprint density at radius 3 is 3.04 bits per heavy atom. The Morgan fingerprint density at radius 1 is 1.52 bits per heavy atom. The van der Waals surface area contributed by atoms with E-state index in [1.807, 2.05) is 31.2 Å². The van der Waals surface area contributed by atoms with Gasteiger partial charge in [-0.1, -0.05) is 19.1 Å². The van der Waals surface area contributed by atoms with Crippen LogP contribution in [-0.2, 0) is 0 Å². The Balaban J connectivity index is 1.81. The number of benzene rings is 1. The summed E-state index contributed by atoms with van der Waals surface area (Å²) in [5.74, 6) is 1.05. The van der Waals surface area contributed by atoms with Crippen LogP contribution in [0.15, 0.2) is 24.3 Å². The van der Waals surface area contributed by atoms with Gasteiger partial charge in [-0.25, -0.2) is 4.79 Å². The molecule has 1 aliphatic rings. The molecular weight excluding hydrogens is 292 g/mol. The van der Waals surface area contributed by atoms with Gasteiger partial charge in [0.25, 0.3) is 0 Å². The van der Waals surface area contributed by atoms with Crippen molar-refractivity contribution >= 4 is 6.03 Å². The maximum atomic E-state index is 12.3. The second kappa shape index (κ2) is 8.77. The fraction of sp³-hybridized carbons (Fsp3) is 0.611. The van der Waals surface area contributed by atoms with Crippen molar-refractivity contribution in [3.05, 3.63) is 29.8 Å². The van der Waals surface area contributed by atoms with Crippen LogP contribution >= 0.6 is 0 Å². The molecule has 1 heterocycles. The summed E-state index contributed by atoms with van der Waals surface area (Å²) in [7, 11) is 0. The lowest BCUT2D eigenvalue weighted by Crippen LogP contribution is -2.48. The number of likely N-dealkylation sites (tertiary alicyclic amines) is 1. The predicted octanol–water partition coefficient (Wildman–Crippen LogP) is 2.57. The van der Waals surface area contributed by atoms with Crippen LogP contribution in [0.5, 0.6) is 5.75 Å². The average molecular weight is 320 g/mol. The van der Waals surface area contributed by atoms with Crippen LogP contribution in [0.4, 0.5) is 4.79 Å². The zero-order chi connectivity index (χ0) is 16.7. The highest BCUT2D eigenvalue weighted by molar-refractivity contribution is 5.74. The van der Waals surface area contributed by atoms with Gasteiger partial charge >= 0.3 is 6.03 Å². The highest BCUT2D eigenvalue weighted by Gasteiger charge is 2.23. The molecule has 2 N–H and O–H groups in total. The largest absolute Gasteiger partial charge is 0.489 e. The molecule has 23 heavy (non-hydrogen) atoms. The highest BCUT2D eigenvalue weighted by Crippen LogP contribution is 2.17. The normalized spacial score (nSPS) is 19.3. The number of carbonyl (C=O) groups is 1. The van der Waals surface area contributed by atoms with Crippen molar-refractivity contribution < 1.29 is 14.6 Å². The molecule has 2 rings (SSSR count). The molecular formula is C18H28N2O3. The number of ether oxygens (including phenoxy) is 1. The number of rotatable bonds is 6. The Bertz CT molecular complexity index is 507. The van der Waals surface area contributed by atoms with Gasteiger partial charge in [-0.3, -0.25) is 0 Å². The van der Waals surface area contributed by atoms with E-state index in [0.717, 1.165) is 37.1 Å². The fourth-order valence-electron chi connectivity index (χ4n) is 2.86. The van der Waals surface area contributed by atoms with Crippen molar-refractivity contribution in [2.24, 2.45) is 5.92 Å². The van der Waals surface area contributed by atoms with Crippen LogP contribution in [0.25, 0.3) is 0 Å². The van der Waals surface area contributed by atoms with E-state index in [-0.39, 0.29) is 24.7 Å². The molecule has 0 aliphatic carbocycles. The second-order valence-electron chi connectivity index (χ2n) is 6.29. The summed E-state index contributed by atoms with van der Waals surface area (Å²) in [6.07, 6.45) is 2.73. The van der Waals surface area contributed by atoms with Gasteiger partial charge < -0.3 is 20.1 Å². The number of aliphatic hydroxyl groups excluding tert-OH is 1. The lowest BCUT2D eigenvalue weighted by atomic mass is 9.99. The summed E-state index contributed by atoms with van der Waals surface area (Å²) >= 11 is 0. The van der Waals surface area contributed by atoms with Gasteiger partial charge in [0, 0.05) is 19.7 Å². The Kier molecular flexibility index (Phi) is 6.71. The summed E-state index contributed by atoms with van der Waals surface area (Å²) in [5, 5.41) is 12.2. The first kappa shape index (κ1) is 17.6. The smallest absolute Gasteiger partial charge is 0.317 e. The quantitative estimate of drug-likeness (QED) is 0.847. The summed E-state index contributed by atoms with van der Waals surface area (Å²) in [5.41, 5.74) is 1.16. The highest BCUT2D eigenvalue weighted by atomic mass is 16.5. The molecule has 1 aromatic carbocycles. The van der Waals surface area contributed by atoms with Crippen LogP contribution in [0.3, 0.4) is 0 Å². The third kappa shape index (κ3) is 5.43. The molecule has 128 valence electrons. The number of hydrogen-bond donors (Lipinski definition) is 2. The van der Waals surface area contributed by atoms with Crippen molar-refractivity contribution in [2.45, 2.75) is 39.2 Å². The molecule has 1 fully saturated rings. The summed E-state index contributed by atoms with van der Waals surface area (Å²) in [6, 6.07) is 7.88. The SMILES string of the molecule is CC[C@H](CNC(=O)N1CCC[C@@H](CO)C1)Oc1cccc(C)c1. The van der Waals surface area contributed by atoms with E-state index >= 15 is 0 Å². The number of amides is 2. The first-order valence-corrected chi connectivity index (χ1v) is 8.49. The van der Waals surface area contributed by atoms with E-state index in [1.165, 1.54) is 0 Å². The molecule has 0 bridgehead atoms. The minimum absolute atomic E-state index is 0.0424. The topological polar surface area (TPSA) is 61.8 Å². The van der Waals surface area contributed by atoms with Crippen molar-refractivity contribution in [2.75, 3.05) is 26.2 Å². The number of nitrogens with zero attached hydrogens (tertiary/aromatic N) is 1. The van der Waals surface area contributed by atoms with Crippen LogP contribution in [0, 0.1) is 12.8 Å². The molecule has 5 heteroatoms. The fourth-order valence-corrected chi connectivity index (χ4v) is 2.86. The minimum atomic E-state index is -0.0607. The van der Waals surface area contributed by atoms with E-state index in [0.29, 0.717) is 13.1 Å². The molecule has 1 aliphatic heterocycles. The summed E-state index contributed by atoms with van der Waals surface area (Å²) < 4.78 is 5.95. The van der Waals surface area contributed by atoms with Gasteiger partial charge in [-0.2, -0.15) is 0 Å². The number of nitrogens with one attached hydrogen (secondary N) is 1. The number of carbonyl (C=O) groups excluding carboxylic acids is 1. The van der Waals surface area contributed by atoms with Crippen molar-refractivity contribution in [1.29, 1.82) is 0 Å². The monoisotopic (exact) mass is 320 g/mol. The first-order chi connectivity index (χ1) is 11.1. The second-order valence-corrected chi connectivity index (χ2v) is 6.29. The van der Waals surface area contributed by atoms with Gasteiger partial charge in [0.1, 0.15) is 11.9 Å². The third-order valence-electron chi connectivity index (χ3n) is 4.29. The number of aryl methyl sites for hydroxylation is 1. The van der Waals surface area contributed by atoms with E-state index in [4.69, 9.17) is 4.74 Å². The molecule has 0 unspecified atom stereocenters. The molecule has 2 atom stereocenters. The van der Waals surface area contributed by atoms with Crippen LogP contribution in [0.1, 0.15) is 31.7 Å². The predicted molar refractivity (Wildman–Crippen MR) is 90.7 cm³/mol. The average Bonchev–Trinajstić information content (AvgIpc) is 2.58. The summed E-state index contributed by atoms with van der Waals surface area (Å²) in [6.45, 7) is 6.12. The maximum absolute atomic E-state index is 12.3. The molecule has 2 amide bonds. The number of piperidine rings is 1. The van der Waals surface area contributed by atoms with E-state index in [2.05, 4.69) is 12.2 Å². The van der Waals surface area contributed by atoms with E-state index < -0.39 is 0 Å². The molecule has 0 spiro atoms. The van der Waals surface area contributed by atoms with Crippen molar-refractivity contribution in [3.63, 3.8) is 0 Å². The first-order valence-electron chi connectivity index (χ1n) is 8.49. The summed E-state index contributed by atoms with van der Waals surface area (Å²) in [4.78, 5) is 14.1. The van der Waals surface area contributed by atoms with Crippen LogP contribution in [-0.4, -0.2) is 48.4 Å². The minimum Gasteiger partial charge on any atom is -0.489 e. The van der Waals surface area contributed by atoms with E-state index in [9.17, 15) is 9.90 Å². The number of aliphatic hydroxyl groups is 1. The van der Waals surface area contributed by atoms with E-state index in [1.54, 1.807) is 4.90 Å². The zero-order valence-electron chi connectivity index (χ0n) is 14.1. The molecule has 0 radical (unpaired) electrons. The standard InChI is InChI=1S/C18H28N2O3/c1-3-16(23-17-8-4-6-14(2)10-17)11-19-18(22)20-9-5-7-15(12-20)13-21/h4,6,8,10,15-16,21H,3,5,7,9,11-13H2,1-2H3,(H,19,22)/t15-,16-/m1/s1. The van der Waals surface area contributed by atoms with Gasteiger partial charge in [-0.05, 0) is 49.8 Å². The zero-order valence-corrected chi connectivity index (χ0v) is 14.1. The number of hydrogen-bond acceptors (Lipinski definition) is 3. The molecule has 0 aromatic heterocycles. The molecule has 5 nitrogen and oxygen atoms in total. The van der Waals surface area contributed by atoms with Crippen molar-refractivity contribution in [1.82, 2.24) is 10.2 Å². The van der Waals surface area contributed by atoms with Gasteiger partial charge in [0.15, 0.2) is 0 Å². The van der Waals surface area contributed by atoms with Crippen LogP contribution < -0.4 is 10.1 Å². The lowest BCUT2D eigenvalue weighted by molar-refractivity contribution is 0.125. The number of urea groups is 1. The molecule has 1 saturated heterocycles. The lowest BCUT2D eigenvalue weighted by Gasteiger charge is -2.32. The Labute approximate surface area is 138 Å². The maximum Gasteiger partial charge on any atom is 0.317 e. The van der Waals surface area contributed by atoms with Gasteiger partial charge in [-0.15, -0.1) is 0 Å². The molecule has 1 aromatic rings. The van der Waals surface area contributed by atoms with Gasteiger partial charge in [0.2, 0.25) is 0 Å². The van der Waals surface area contributed by atoms with Crippen molar-refractivity contribution in [3.8, 4) is 5.75 Å².